The SMILES string of the molecule is C=CCC(=O)N(C=C)c1ccc(OC)cc1. The molecular formula is C13H15NO2. The van der Waals surface area contributed by atoms with Crippen LogP contribution in [0.5, 0.6) is 5.75 Å². The van der Waals surface area contributed by atoms with Gasteiger partial charge in [-0.2, -0.15) is 0 Å². The molecular weight excluding hydrogens is 202 g/mol. The zero-order valence-electron chi connectivity index (χ0n) is 9.35. The molecule has 1 amide bonds. The maximum Gasteiger partial charge on any atom is 0.234 e. The molecule has 84 valence electrons. The Hall–Kier alpha value is -2.03. The minimum absolute atomic E-state index is 0.0600. The fraction of sp³-hybridized carbons (Fsp3) is 0.154. The van der Waals surface area contributed by atoms with Crippen molar-refractivity contribution in [3.05, 3.63) is 49.7 Å². The Morgan fingerprint density at radius 3 is 2.44 bits per heavy atom. The monoisotopic (exact) mass is 217 g/mol. The summed E-state index contributed by atoms with van der Waals surface area (Å²) in [5.41, 5.74) is 0.766. The molecule has 0 spiro atoms. The topological polar surface area (TPSA) is 29.5 Å². The van der Waals surface area contributed by atoms with Crippen molar-refractivity contribution in [3.8, 4) is 5.75 Å². The minimum atomic E-state index is -0.0600. The Kier molecular flexibility index (Phi) is 4.33. The van der Waals surface area contributed by atoms with Crippen molar-refractivity contribution in [1.82, 2.24) is 0 Å². The molecule has 0 aliphatic rings. The summed E-state index contributed by atoms with van der Waals surface area (Å²) in [5, 5.41) is 0. The van der Waals surface area contributed by atoms with Gasteiger partial charge in [0, 0.05) is 18.3 Å². The first-order chi connectivity index (χ1) is 7.72. The molecule has 0 fully saturated rings. The van der Waals surface area contributed by atoms with Gasteiger partial charge in [-0.05, 0) is 24.3 Å². The van der Waals surface area contributed by atoms with E-state index in [1.807, 2.05) is 12.1 Å². The van der Waals surface area contributed by atoms with Crippen molar-refractivity contribution < 1.29 is 9.53 Å². The van der Waals surface area contributed by atoms with Gasteiger partial charge < -0.3 is 4.74 Å². The lowest BCUT2D eigenvalue weighted by molar-refractivity contribution is -0.117. The predicted octanol–water partition coefficient (Wildman–Crippen LogP) is 2.75. The highest BCUT2D eigenvalue weighted by molar-refractivity contribution is 5.95. The van der Waals surface area contributed by atoms with E-state index in [1.54, 1.807) is 25.3 Å². The van der Waals surface area contributed by atoms with Crippen LogP contribution in [-0.2, 0) is 4.79 Å². The lowest BCUT2D eigenvalue weighted by Gasteiger charge is -2.17. The van der Waals surface area contributed by atoms with Gasteiger partial charge in [0.25, 0.3) is 0 Å². The molecule has 16 heavy (non-hydrogen) atoms. The number of carbonyl (C=O) groups excluding carboxylic acids is 1. The minimum Gasteiger partial charge on any atom is -0.497 e. The van der Waals surface area contributed by atoms with Gasteiger partial charge in [-0.15, -0.1) is 6.58 Å². The molecule has 0 aromatic heterocycles. The third kappa shape index (κ3) is 2.73. The largest absolute Gasteiger partial charge is 0.497 e. The Labute approximate surface area is 95.6 Å². The van der Waals surface area contributed by atoms with E-state index in [0.717, 1.165) is 11.4 Å². The van der Waals surface area contributed by atoms with Crippen LogP contribution in [0.15, 0.2) is 49.7 Å². The molecule has 0 unspecified atom stereocenters. The number of ether oxygens (including phenoxy) is 1. The van der Waals surface area contributed by atoms with E-state index in [-0.39, 0.29) is 12.3 Å². The van der Waals surface area contributed by atoms with Gasteiger partial charge in [-0.3, -0.25) is 9.69 Å². The van der Waals surface area contributed by atoms with Crippen LogP contribution in [0.4, 0.5) is 5.69 Å². The number of nitrogens with zero attached hydrogens (tertiary/aromatic N) is 1. The summed E-state index contributed by atoms with van der Waals surface area (Å²) in [5.74, 6) is 0.694. The van der Waals surface area contributed by atoms with Gasteiger partial charge in [-0.1, -0.05) is 12.7 Å². The van der Waals surface area contributed by atoms with Gasteiger partial charge in [0.2, 0.25) is 5.91 Å². The fourth-order valence-corrected chi connectivity index (χ4v) is 1.32. The smallest absolute Gasteiger partial charge is 0.234 e. The van der Waals surface area contributed by atoms with Crippen molar-refractivity contribution in [2.75, 3.05) is 12.0 Å². The number of benzene rings is 1. The van der Waals surface area contributed by atoms with Gasteiger partial charge in [-0.25, -0.2) is 0 Å². The van der Waals surface area contributed by atoms with Crippen LogP contribution in [0.2, 0.25) is 0 Å². The lowest BCUT2D eigenvalue weighted by Crippen LogP contribution is -2.23. The maximum absolute atomic E-state index is 11.7. The Morgan fingerprint density at radius 2 is 2.00 bits per heavy atom. The third-order valence-corrected chi connectivity index (χ3v) is 2.12. The number of carbonyl (C=O) groups is 1. The van der Waals surface area contributed by atoms with E-state index in [2.05, 4.69) is 13.2 Å². The van der Waals surface area contributed by atoms with Crippen molar-refractivity contribution in [1.29, 1.82) is 0 Å². The predicted molar refractivity (Wildman–Crippen MR) is 65.5 cm³/mol. The number of methoxy groups -OCH3 is 1. The van der Waals surface area contributed by atoms with Crippen molar-refractivity contribution in [2.45, 2.75) is 6.42 Å². The van der Waals surface area contributed by atoms with E-state index in [4.69, 9.17) is 4.74 Å². The zero-order valence-corrected chi connectivity index (χ0v) is 9.35. The average Bonchev–Trinajstić information content (AvgIpc) is 2.31. The van der Waals surface area contributed by atoms with Crippen LogP contribution in [0, 0.1) is 0 Å². The number of rotatable bonds is 5. The van der Waals surface area contributed by atoms with Gasteiger partial charge in [0.05, 0.1) is 7.11 Å². The Morgan fingerprint density at radius 1 is 1.38 bits per heavy atom. The van der Waals surface area contributed by atoms with Crippen molar-refractivity contribution in [2.24, 2.45) is 0 Å². The molecule has 0 bridgehead atoms. The fourth-order valence-electron chi connectivity index (χ4n) is 1.32. The average molecular weight is 217 g/mol. The molecule has 0 heterocycles. The van der Waals surface area contributed by atoms with Crippen LogP contribution in [-0.4, -0.2) is 13.0 Å². The second-order valence-electron chi connectivity index (χ2n) is 3.14. The van der Waals surface area contributed by atoms with Crippen molar-refractivity contribution >= 4 is 11.6 Å². The highest BCUT2D eigenvalue weighted by Gasteiger charge is 2.10. The van der Waals surface area contributed by atoms with E-state index in [1.165, 1.54) is 11.1 Å². The third-order valence-electron chi connectivity index (χ3n) is 2.12. The number of anilines is 1. The highest BCUT2D eigenvalue weighted by Crippen LogP contribution is 2.20. The molecule has 0 aliphatic carbocycles. The molecule has 0 aliphatic heterocycles. The standard InChI is InChI=1S/C13H15NO2/c1-4-6-13(15)14(5-2)11-7-9-12(16-3)10-8-11/h4-5,7-10H,1-2,6H2,3H3. The van der Waals surface area contributed by atoms with Crippen molar-refractivity contribution in [3.63, 3.8) is 0 Å². The van der Waals surface area contributed by atoms with E-state index >= 15 is 0 Å². The van der Waals surface area contributed by atoms with Crippen LogP contribution in [0.1, 0.15) is 6.42 Å². The molecule has 0 radical (unpaired) electrons. The lowest BCUT2D eigenvalue weighted by atomic mass is 10.2. The highest BCUT2D eigenvalue weighted by atomic mass is 16.5. The Bertz CT molecular complexity index is 381. The quantitative estimate of drug-likeness (QED) is 0.710. The summed E-state index contributed by atoms with van der Waals surface area (Å²) in [6, 6.07) is 7.21. The van der Waals surface area contributed by atoms with E-state index in [9.17, 15) is 4.79 Å². The summed E-state index contributed by atoms with van der Waals surface area (Å²) in [6.07, 6.45) is 3.36. The van der Waals surface area contributed by atoms with Gasteiger partial charge >= 0.3 is 0 Å². The molecule has 0 atom stereocenters. The molecule has 1 rings (SSSR count). The second kappa shape index (κ2) is 5.75. The van der Waals surface area contributed by atoms with Crippen LogP contribution >= 0.6 is 0 Å². The molecule has 0 N–H and O–H groups in total. The summed E-state index contributed by atoms with van der Waals surface area (Å²) >= 11 is 0. The van der Waals surface area contributed by atoms with E-state index in [0.29, 0.717) is 0 Å². The zero-order chi connectivity index (χ0) is 12.0. The number of hydrogen-bond acceptors (Lipinski definition) is 2. The maximum atomic E-state index is 11.7. The van der Waals surface area contributed by atoms with Gasteiger partial charge in [0.1, 0.15) is 5.75 Å². The van der Waals surface area contributed by atoms with Gasteiger partial charge in [0.15, 0.2) is 0 Å². The summed E-state index contributed by atoms with van der Waals surface area (Å²) in [4.78, 5) is 13.2. The summed E-state index contributed by atoms with van der Waals surface area (Å²) in [6.45, 7) is 7.16. The normalized spacial score (nSPS) is 9.31. The summed E-state index contributed by atoms with van der Waals surface area (Å²) in [7, 11) is 1.60. The first-order valence-electron chi connectivity index (χ1n) is 4.92. The first kappa shape index (κ1) is 12.0. The molecule has 3 heteroatoms. The molecule has 0 saturated heterocycles. The molecule has 0 saturated carbocycles. The van der Waals surface area contributed by atoms with Crippen LogP contribution < -0.4 is 9.64 Å². The number of amides is 1. The summed E-state index contributed by atoms with van der Waals surface area (Å²) < 4.78 is 5.05. The first-order valence-corrected chi connectivity index (χ1v) is 4.92. The Balaban J connectivity index is 2.90. The molecule has 1 aromatic carbocycles. The second-order valence-corrected chi connectivity index (χ2v) is 3.14. The van der Waals surface area contributed by atoms with E-state index < -0.39 is 0 Å². The van der Waals surface area contributed by atoms with Crippen LogP contribution in [0.3, 0.4) is 0 Å². The number of hydrogen-bond donors (Lipinski definition) is 0. The molecule has 1 aromatic rings. The van der Waals surface area contributed by atoms with Crippen LogP contribution in [0.25, 0.3) is 0 Å². The molecule has 3 nitrogen and oxygen atoms in total.